The van der Waals surface area contributed by atoms with Gasteiger partial charge in [0.1, 0.15) is 17.6 Å². The number of nitrogens with one attached hydrogen (secondary N) is 2. The second-order valence-electron chi connectivity index (χ2n) is 6.20. The number of furan rings is 1. The molecule has 0 radical (unpaired) electrons. The van der Waals surface area contributed by atoms with Crippen LogP contribution in [0.15, 0.2) is 33.4 Å². The maximum atomic E-state index is 12.1. The van der Waals surface area contributed by atoms with Crippen LogP contribution in [0.4, 0.5) is 0 Å². The molecule has 2 heterocycles. The molecule has 2 amide bonds. The third-order valence-corrected chi connectivity index (χ3v) is 4.49. The molecule has 1 aliphatic rings. The summed E-state index contributed by atoms with van der Waals surface area (Å²) >= 11 is 3.13. The molecule has 0 spiro atoms. The van der Waals surface area contributed by atoms with Crippen molar-refractivity contribution in [3.8, 4) is 11.5 Å². The van der Waals surface area contributed by atoms with Crippen molar-refractivity contribution in [3.63, 3.8) is 0 Å². The van der Waals surface area contributed by atoms with E-state index < -0.39 is 5.91 Å². The van der Waals surface area contributed by atoms with Crippen LogP contribution in [0, 0.1) is 0 Å². The Morgan fingerprint density at radius 3 is 2.81 bits per heavy atom. The van der Waals surface area contributed by atoms with Crippen LogP contribution in [0.3, 0.4) is 0 Å². The highest BCUT2D eigenvalue weighted by Crippen LogP contribution is 2.35. The lowest BCUT2D eigenvalue weighted by molar-refractivity contribution is -0.120. The standard InChI is InChI=1S/C19H21BrN2O5/c1-3-25-15-7-12-6-11(2)26-16(12)8-13(15)9-21-18(23)10-22-19(24)14-4-5-17(20)27-14/h4-5,7-8,11H,3,6,9-10H2,1-2H3,(H,21,23)(H,22,24). The van der Waals surface area contributed by atoms with Crippen molar-refractivity contribution in [2.45, 2.75) is 32.9 Å². The summed E-state index contributed by atoms with van der Waals surface area (Å²) < 4.78 is 17.1. The van der Waals surface area contributed by atoms with Crippen LogP contribution in [0.1, 0.15) is 35.5 Å². The summed E-state index contributed by atoms with van der Waals surface area (Å²) in [7, 11) is 0. The molecule has 8 heteroatoms. The zero-order valence-electron chi connectivity index (χ0n) is 15.1. The highest BCUT2D eigenvalue weighted by atomic mass is 79.9. The van der Waals surface area contributed by atoms with E-state index in [1.54, 1.807) is 6.07 Å². The maximum absolute atomic E-state index is 12.1. The van der Waals surface area contributed by atoms with Crippen molar-refractivity contribution >= 4 is 27.7 Å². The van der Waals surface area contributed by atoms with Gasteiger partial charge in [-0.2, -0.15) is 0 Å². The highest BCUT2D eigenvalue weighted by molar-refractivity contribution is 9.10. The third-order valence-electron chi connectivity index (χ3n) is 4.06. The largest absolute Gasteiger partial charge is 0.494 e. The second-order valence-corrected chi connectivity index (χ2v) is 6.98. The molecule has 0 saturated heterocycles. The molecule has 1 aromatic heterocycles. The van der Waals surface area contributed by atoms with Crippen LogP contribution in [-0.2, 0) is 17.8 Å². The molecule has 2 N–H and O–H groups in total. The smallest absolute Gasteiger partial charge is 0.287 e. The molecule has 7 nitrogen and oxygen atoms in total. The first-order valence-electron chi connectivity index (χ1n) is 8.71. The number of benzene rings is 1. The van der Waals surface area contributed by atoms with E-state index in [1.165, 1.54) is 6.07 Å². The Hall–Kier alpha value is -2.48. The van der Waals surface area contributed by atoms with Gasteiger partial charge in [0.05, 0.1) is 13.2 Å². The Kier molecular flexibility index (Phi) is 6.05. The number of hydrogen-bond donors (Lipinski definition) is 2. The average Bonchev–Trinajstić information content (AvgIpc) is 3.22. The second kappa shape index (κ2) is 8.47. The molecule has 2 aromatic rings. The van der Waals surface area contributed by atoms with Gasteiger partial charge in [-0.1, -0.05) is 0 Å². The maximum Gasteiger partial charge on any atom is 0.287 e. The van der Waals surface area contributed by atoms with Gasteiger partial charge < -0.3 is 24.5 Å². The fraction of sp³-hybridized carbons (Fsp3) is 0.368. The summed E-state index contributed by atoms with van der Waals surface area (Å²) in [5.41, 5.74) is 1.94. The van der Waals surface area contributed by atoms with Gasteiger partial charge in [-0.15, -0.1) is 0 Å². The monoisotopic (exact) mass is 436 g/mol. The van der Waals surface area contributed by atoms with Gasteiger partial charge in [0.2, 0.25) is 5.91 Å². The number of amides is 2. The van der Waals surface area contributed by atoms with Crippen LogP contribution >= 0.6 is 15.9 Å². The summed E-state index contributed by atoms with van der Waals surface area (Å²) in [6.07, 6.45) is 0.980. The van der Waals surface area contributed by atoms with Crippen LogP contribution < -0.4 is 20.1 Å². The Bertz CT molecular complexity index is 849. The van der Waals surface area contributed by atoms with Gasteiger partial charge in [-0.05, 0) is 54.0 Å². The molecule has 0 saturated carbocycles. The van der Waals surface area contributed by atoms with E-state index in [2.05, 4.69) is 26.6 Å². The lowest BCUT2D eigenvalue weighted by Crippen LogP contribution is -2.36. The van der Waals surface area contributed by atoms with E-state index in [0.29, 0.717) is 11.3 Å². The summed E-state index contributed by atoms with van der Waals surface area (Å²) in [6.45, 7) is 4.59. The minimum atomic E-state index is -0.453. The highest BCUT2D eigenvalue weighted by Gasteiger charge is 2.22. The van der Waals surface area contributed by atoms with E-state index in [9.17, 15) is 9.59 Å². The topological polar surface area (TPSA) is 89.8 Å². The predicted octanol–water partition coefficient (Wildman–Crippen LogP) is 2.81. The fourth-order valence-electron chi connectivity index (χ4n) is 2.85. The Morgan fingerprint density at radius 2 is 2.11 bits per heavy atom. The number of halogens is 1. The molecule has 1 aromatic carbocycles. The molecular formula is C19H21BrN2O5. The number of carbonyl (C=O) groups is 2. The van der Waals surface area contributed by atoms with Crippen LogP contribution in [0.5, 0.6) is 11.5 Å². The van der Waals surface area contributed by atoms with Gasteiger partial charge in [0.15, 0.2) is 10.4 Å². The van der Waals surface area contributed by atoms with Crippen molar-refractivity contribution < 1.29 is 23.5 Å². The van der Waals surface area contributed by atoms with Crippen molar-refractivity contribution in [2.75, 3.05) is 13.2 Å². The zero-order chi connectivity index (χ0) is 19.4. The van der Waals surface area contributed by atoms with Gasteiger partial charge >= 0.3 is 0 Å². The zero-order valence-corrected chi connectivity index (χ0v) is 16.7. The summed E-state index contributed by atoms with van der Waals surface area (Å²) in [5.74, 6) is 0.931. The Labute approximate surface area is 165 Å². The van der Waals surface area contributed by atoms with Crippen molar-refractivity contribution in [2.24, 2.45) is 0 Å². The number of fused-ring (bicyclic) bond motifs is 1. The molecule has 0 aliphatic carbocycles. The first-order chi connectivity index (χ1) is 13.0. The van der Waals surface area contributed by atoms with E-state index in [0.717, 1.165) is 29.0 Å². The summed E-state index contributed by atoms with van der Waals surface area (Å²) in [6, 6.07) is 7.02. The lowest BCUT2D eigenvalue weighted by atomic mass is 10.1. The van der Waals surface area contributed by atoms with E-state index >= 15 is 0 Å². The summed E-state index contributed by atoms with van der Waals surface area (Å²) in [4.78, 5) is 24.0. The number of hydrogen-bond acceptors (Lipinski definition) is 5. The molecule has 1 atom stereocenters. The van der Waals surface area contributed by atoms with Crippen molar-refractivity contribution in [3.05, 3.63) is 45.8 Å². The van der Waals surface area contributed by atoms with Gasteiger partial charge in [-0.3, -0.25) is 9.59 Å². The lowest BCUT2D eigenvalue weighted by Gasteiger charge is -2.13. The van der Waals surface area contributed by atoms with Crippen LogP contribution in [-0.4, -0.2) is 31.1 Å². The number of carbonyl (C=O) groups excluding carboxylic acids is 2. The van der Waals surface area contributed by atoms with Gasteiger partial charge in [-0.25, -0.2) is 0 Å². The fourth-order valence-corrected chi connectivity index (χ4v) is 3.16. The number of ether oxygens (including phenoxy) is 2. The first kappa shape index (κ1) is 19.3. The molecule has 3 rings (SSSR count). The quantitative estimate of drug-likeness (QED) is 0.696. The molecule has 27 heavy (non-hydrogen) atoms. The normalized spacial score (nSPS) is 15.0. The van der Waals surface area contributed by atoms with Crippen LogP contribution in [0.2, 0.25) is 0 Å². The van der Waals surface area contributed by atoms with E-state index in [-0.39, 0.29) is 30.9 Å². The average molecular weight is 437 g/mol. The SMILES string of the molecule is CCOc1cc2c(cc1CNC(=O)CNC(=O)c1ccc(Br)o1)OC(C)C2. The van der Waals surface area contributed by atoms with Crippen molar-refractivity contribution in [1.82, 2.24) is 10.6 Å². The molecule has 0 bridgehead atoms. The molecular weight excluding hydrogens is 416 g/mol. The molecule has 1 aliphatic heterocycles. The molecule has 0 fully saturated rings. The minimum Gasteiger partial charge on any atom is -0.494 e. The molecule has 144 valence electrons. The first-order valence-corrected chi connectivity index (χ1v) is 9.51. The van der Waals surface area contributed by atoms with Gasteiger partial charge in [0, 0.05) is 24.1 Å². The summed E-state index contributed by atoms with van der Waals surface area (Å²) in [5, 5.41) is 5.30. The molecule has 1 unspecified atom stereocenters. The van der Waals surface area contributed by atoms with Gasteiger partial charge in [0.25, 0.3) is 5.91 Å². The Morgan fingerprint density at radius 1 is 1.30 bits per heavy atom. The van der Waals surface area contributed by atoms with E-state index in [4.69, 9.17) is 13.9 Å². The predicted molar refractivity (Wildman–Crippen MR) is 102 cm³/mol. The van der Waals surface area contributed by atoms with Crippen LogP contribution in [0.25, 0.3) is 0 Å². The number of rotatable bonds is 7. The third kappa shape index (κ3) is 4.82. The van der Waals surface area contributed by atoms with Crippen molar-refractivity contribution in [1.29, 1.82) is 0 Å². The van der Waals surface area contributed by atoms with E-state index in [1.807, 2.05) is 26.0 Å². The minimum absolute atomic E-state index is 0.135. The Balaban J connectivity index is 1.56.